The number of hydrogen-bond acceptors (Lipinski definition) is 4. The third-order valence-electron chi connectivity index (χ3n) is 3.05. The molecule has 3 aromatic heterocycles. The average molecular weight is 256 g/mol. The maximum absolute atomic E-state index is 12.2. The van der Waals surface area contributed by atoms with Crippen LogP contribution in [0.25, 0.3) is 5.52 Å². The molecule has 0 aliphatic carbocycles. The lowest BCUT2D eigenvalue weighted by Crippen LogP contribution is -2.12. The smallest absolute Gasteiger partial charge is 0.260 e. The molecule has 19 heavy (non-hydrogen) atoms. The summed E-state index contributed by atoms with van der Waals surface area (Å²) in [6.07, 6.45) is 6.42. The molecule has 0 saturated heterocycles. The molecular formula is C12H12N6O. The first-order valence-corrected chi connectivity index (χ1v) is 5.77. The predicted octanol–water partition coefficient (Wildman–Crippen LogP) is 1.32. The summed E-state index contributed by atoms with van der Waals surface area (Å²) in [4.78, 5) is 16.2. The second-order valence-corrected chi connectivity index (χ2v) is 4.24. The van der Waals surface area contributed by atoms with Crippen LogP contribution in [0.1, 0.15) is 21.6 Å². The summed E-state index contributed by atoms with van der Waals surface area (Å²) in [6, 6.07) is 0. The topological polar surface area (TPSA) is 88.0 Å². The van der Waals surface area contributed by atoms with Gasteiger partial charge in [-0.05, 0) is 13.8 Å². The van der Waals surface area contributed by atoms with Crippen LogP contribution < -0.4 is 5.32 Å². The Balaban J connectivity index is 1.94. The highest BCUT2D eigenvalue weighted by molar-refractivity contribution is 6.08. The van der Waals surface area contributed by atoms with Crippen LogP contribution in [0.4, 0.5) is 5.82 Å². The van der Waals surface area contributed by atoms with Gasteiger partial charge >= 0.3 is 0 Å². The first-order valence-electron chi connectivity index (χ1n) is 5.77. The van der Waals surface area contributed by atoms with E-state index in [-0.39, 0.29) is 5.91 Å². The second-order valence-electron chi connectivity index (χ2n) is 4.24. The fraction of sp³-hybridized carbons (Fsp3) is 0.167. The van der Waals surface area contributed by atoms with Gasteiger partial charge in [-0.2, -0.15) is 10.2 Å². The standard InChI is InChI=1S/C12H12N6O/c1-7-8(2)16-17-11(7)15-12(19)9-5-14-18-4-3-13-6-10(9)18/h3-6H,1-2H3,(H2,15,16,17,19). The van der Waals surface area contributed by atoms with Crippen LogP contribution in [-0.2, 0) is 0 Å². The number of nitrogens with zero attached hydrogens (tertiary/aromatic N) is 4. The van der Waals surface area contributed by atoms with E-state index in [0.717, 1.165) is 11.3 Å². The van der Waals surface area contributed by atoms with Crippen LogP contribution in [0.15, 0.2) is 24.8 Å². The normalized spacial score (nSPS) is 10.8. The van der Waals surface area contributed by atoms with Gasteiger partial charge in [-0.1, -0.05) is 0 Å². The molecule has 0 atom stereocenters. The molecule has 2 N–H and O–H groups in total. The summed E-state index contributed by atoms with van der Waals surface area (Å²) in [5.41, 5.74) is 2.97. The molecule has 7 heteroatoms. The van der Waals surface area contributed by atoms with Crippen molar-refractivity contribution in [2.75, 3.05) is 5.32 Å². The number of amides is 1. The molecule has 3 rings (SSSR count). The van der Waals surface area contributed by atoms with Gasteiger partial charge in [0.1, 0.15) is 0 Å². The highest BCUT2D eigenvalue weighted by Gasteiger charge is 2.15. The fourth-order valence-electron chi connectivity index (χ4n) is 1.79. The first kappa shape index (κ1) is 11.4. The minimum Gasteiger partial charge on any atom is -0.305 e. The van der Waals surface area contributed by atoms with Crippen molar-refractivity contribution in [1.82, 2.24) is 24.8 Å². The molecule has 0 aliphatic heterocycles. The minimum atomic E-state index is -0.252. The second kappa shape index (κ2) is 4.20. The Morgan fingerprint density at radius 1 is 1.37 bits per heavy atom. The number of aromatic nitrogens is 5. The van der Waals surface area contributed by atoms with E-state index in [1.54, 1.807) is 23.1 Å². The molecule has 7 nitrogen and oxygen atoms in total. The number of nitrogens with one attached hydrogen (secondary N) is 2. The van der Waals surface area contributed by atoms with Gasteiger partial charge in [0, 0.05) is 23.7 Å². The van der Waals surface area contributed by atoms with Crippen molar-refractivity contribution in [2.24, 2.45) is 0 Å². The average Bonchev–Trinajstić information content (AvgIpc) is 2.97. The molecule has 0 radical (unpaired) electrons. The Hall–Kier alpha value is -2.70. The van der Waals surface area contributed by atoms with E-state index < -0.39 is 0 Å². The van der Waals surface area contributed by atoms with Crippen molar-refractivity contribution in [3.05, 3.63) is 41.6 Å². The van der Waals surface area contributed by atoms with Gasteiger partial charge in [0.25, 0.3) is 5.91 Å². The van der Waals surface area contributed by atoms with Crippen molar-refractivity contribution in [2.45, 2.75) is 13.8 Å². The Morgan fingerprint density at radius 2 is 2.21 bits per heavy atom. The number of H-pyrrole nitrogens is 1. The SMILES string of the molecule is Cc1[nH]nc(NC(=O)c2cnn3ccncc23)c1C. The number of carbonyl (C=O) groups is 1. The molecule has 0 bridgehead atoms. The van der Waals surface area contributed by atoms with E-state index in [1.807, 2.05) is 13.8 Å². The van der Waals surface area contributed by atoms with Gasteiger partial charge in [-0.15, -0.1) is 0 Å². The van der Waals surface area contributed by atoms with E-state index in [0.29, 0.717) is 16.9 Å². The molecule has 3 heterocycles. The lowest BCUT2D eigenvalue weighted by atomic mass is 10.2. The molecule has 0 unspecified atom stereocenters. The van der Waals surface area contributed by atoms with Gasteiger partial charge < -0.3 is 5.32 Å². The third kappa shape index (κ3) is 1.85. The molecule has 0 aromatic carbocycles. The maximum Gasteiger partial charge on any atom is 0.260 e. The van der Waals surface area contributed by atoms with Crippen molar-refractivity contribution in [1.29, 1.82) is 0 Å². The minimum absolute atomic E-state index is 0.252. The lowest BCUT2D eigenvalue weighted by molar-refractivity contribution is 0.102. The molecule has 1 amide bonds. The highest BCUT2D eigenvalue weighted by Crippen LogP contribution is 2.16. The summed E-state index contributed by atoms with van der Waals surface area (Å²) in [7, 11) is 0. The molecule has 0 spiro atoms. The fourth-order valence-corrected chi connectivity index (χ4v) is 1.79. The Kier molecular flexibility index (Phi) is 2.52. The van der Waals surface area contributed by atoms with E-state index in [9.17, 15) is 4.79 Å². The van der Waals surface area contributed by atoms with Gasteiger partial charge in [0.15, 0.2) is 5.82 Å². The first-order chi connectivity index (χ1) is 9.16. The van der Waals surface area contributed by atoms with Crippen LogP contribution in [0.5, 0.6) is 0 Å². The predicted molar refractivity (Wildman–Crippen MR) is 69.0 cm³/mol. The maximum atomic E-state index is 12.2. The zero-order chi connectivity index (χ0) is 13.4. The Labute approximate surface area is 108 Å². The van der Waals surface area contributed by atoms with Crippen LogP contribution in [-0.4, -0.2) is 30.7 Å². The number of aryl methyl sites for hydroxylation is 1. The van der Waals surface area contributed by atoms with E-state index in [1.165, 1.54) is 6.20 Å². The van der Waals surface area contributed by atoms with Crippen molar-refractivity contribution >= 4 is 17.2 Å². The van der Waals surface area contributed by atoms with Crippen molar-refractivity contribution < 1.29 is 4.79 Å². The summed E-state index contributed by atoms with van der Waals surface area (Å²) >= 11 is 0. The number of carbonyl (C=O) groups excluding carboxylic acids is 1. The number of aromatic amines is 1. The molecule has 0 aliphatic rings. The number of fused-ring (bicyclic) bond motifs is 1. The quantitative estimate of drug-likeness (QED) is 0.723. The molecular weight excluding hydrogens is 244 g/mol. The Morgan fingerprint density at radius 3 is 2.95 bits per heavy atom. The van der Waals surface area contributed by atoms with E-state index >= 15 is 0 Å². The number of anilines is 1. The highest BCUT2D eigenvalue weighted by atomic mass is 16.1. The summed E-state index contributed by atoms with van der Waals surface area (Å²) in [6.45, 7) is 3.79. The van der Waals surface area contributed by atoms with Gasteiger partial charge in [0.05, 0.1) is 23.5 Å². The number of rotatable bonds is 2. The van der Waals surface area contributed by atoms with Gasteiger partial charge in [-0.3, -0.25) is 14.9 Å². The zero-order valence-corrected chi connectivity index (χ0v) is 10.5. The van der Waals surface area contributed by atoms with E-state index in [2.05, 4.69) is 25.6 Å². The lowest BCUT2D eigenvalue weighted by Gasteiger charge is -2.01. The zero-order valence-electron chi connectivity index (χ0n) is 10.5. The van der Waals surface area contributed by atoms with Crippen LogP contribution >= 0.6 is 0 Å². The molecule has 96 valence electrons. The third-order valence-corrected chi connectivity index (χ3v) is 3.05. The van der Waals surface area contributed by atoms with E-state index in [4.69, 9.17) is 0 Å². The molecule has 0 fully saturated rings. The van der Waals surface area contributed by atoms with Crippen LogP contribution in [0, 0.1) is 13.8 Å². The van der Waals surface area contributed by atoms with Gasteiger partial charge in [0.2, 0.25) is 0 Å². The largest absolute Gasteiger partial charge is 0.305 e. The summed E-state index contributed by atoms with van der Waals surface area (Å²) < 4.78 is 1.60. The summed E-state index contributed by atoms with van der Waals surface area (Å²) in [5.74, 6) is 0.281. The Bertz CT molecular complexity index is 757. The van der Waals surface area contributed by atoms with Crippen molar-refractivity contribution in [3.8, 4) is 0 Å². The molecule has 3 aromatic rings. The monoisotopic (exact) mass is 256 g/mol. The number of hydrogen-bond donors (Lipinski definition) is 2. The summed E-state index contributed by atoms with van der Waals surface area (Å²) in [5, 5.41) is 13.7. The van der Waals surface area contributed by atoms with Gasteiger partial charge in [-0.25, -0.2) is 4.52 Å². The van der Waals surface area contributed by atoms with Crippen molar-refractivity contribution in [3.63, 3.8) is 0 Å². The van der Waals surface area contributed by atoms with Crippen LogP contribution in [0.3, 0.4) is 0 Å². The van der Waals surface area contributed by atoms with Crippen LogP contribution in [0.2, 0.25) is 0 Å². The molecule has 0 saturated carbocycles.